The maximum Gasteiger partial charge on any atom is 0.133 e. The Hall–Kier alpha value is -1.07. The average Bonchev–Trinajstić information content (AvgIpc) is 2.51. The first-order valence-corrected chi connectivity index (χ1v) is 5.73. The molecule has 1 saturated heterocycles. The largest absolute Gasteiger partial charge is 0.315 e. The number of benzene rings is 1. The lowest BCUT2D eigenvalue weighted by atomic mass is 10.1. The molecule has 0 atom stereocenters. The Morgan fingerprint density at radius 3 is 2.47 bits per heavy atom. The van der Waals surface area contributed by atoms with E-state index in [-0.39, 0.29) is 12.1 Å². The molecule has 0 bridgehead atoms. The number of nitrogens with one attached hydrogen (secondary N) is 1. The van der Waals surface area contributed by atoms with Crippen LogP contribution in [0.2, 0.25) is 0 Å². The fourth-order valence-corrected chi connectivity index (χ4v) is 2.01. The van der Waals surface area contributed by atoms with E-state index in [9.17, 15) is 13.2 Å². The molecule has 0 unspecified atom stereocenters. The van der Waals surface area contributed by atoms with Gasteiger partial charge in [0.25, 0.3) is 0 Å². The van der Waals surface area contributed by atoms with Crippen molar-refractivity contribution in [2.24, 2.45) is 0 Å². The van der Waals surface area contributed by atoms with Crippen LogP contribution in [0.25, 0.3) is 0 Å². The summed E-state index contributed by atoms with van der Waals surface area (Å²) < 4.78 is 39.6. The zero-order valence-corrected chi connectivity index (χ0v) is 9.48. The normalized spacial score (nSPS) is 18.1. The highest BCUT2D eigenvalue weighted by atomic mass is 19.1. The van der Waals surface area contributed by atoms with Gasteiger partial charge < -0.3 is 5.32 Å². The zero-order valence-electron chi connectivity index (χ0n) is 9.48. The molecule has 1 aliphatic heterocycles. The van der Waals surface area contributed by atoms with Crippen LogP contribution in [-0.2, 0) is 6.54 Å². The van der Waals surface area contributed by atoms with Gasteiger partial charge in [-0.15, -0.1) is 0 Å². The van der Waals surface area contributed by atoms with E-state index in [1.807, 2.05) is 4.90 Å². The van der Waals surface area contributed by atoms with Crippen LogP contribution in [0.5, 0.6) is 0 Å². The monoisotopic (exact) mass is 244 g/mol. The second-order valence-electron chi connectivity index (χ2n) is 4.23. The summed E-state index contributed by atoms with van der Waals surface area (Å²) in [4.78, 5) is 1.97. The summed E-state index contributed by atoms with van der Waals surface area (Å²) >= 11 is 0. The second-order valence-corrected chi connectivity index (χ2v) is 4.23. The lowest BCUT2D eigenvalue weighted by Crippen LogP contribution is -2.28. The molecule has 2 rings (SSSR count). The van der Waals surface area contributed by atoms with Crippen LogP contribution in [0, 0.1) is 17.5 Å². The minimum atomic E-state index is -0.874. The Labute approximate surface area is 98.4 Å². The van der Waals surface area contributed by atoms with Gasteiger partial charge in [-0.2, -0.15) is 0 Å². The maximum atomic E-state index is 13.4. The highest BCUT2D eigenvalue weighted by Crippen LogP contribution is 2.17. The Bertz CT molecular complexity index is 364. The van der Waals surface area contributed by atoms with Crippen molar-refractivity contribution in [3.63, 3.8) is 0 Å². The molecule has 0 saturated carbocycles. The molecule has 1 aromatic carbocycles. The first-order valence-electron chi connectivity index (χ1n) is 5.73. The van der Waals surface area contributed by atoms with Crippen molar-refractivity contribution >= 4 is 0 Å². The highest BCUT2D eigenvalue weighted by molar-refractivity contribution is 5.20. The number of hydrogen-bond donors (Lipinski definition) is 1. The molecule has 0 aliphatic carbocycles. The molecular formula is C12H15F3N2. The molecular weight excluding hydrogens is 229 g/mol. The Morgan fingerprint density at radius 1 is 1.06 bits per heavy atom. The topological polar surface area (TPSA) is 15.3 Å². The van der Waals surface area contributed by atoms with E-state index < -0.39 is 17.5 Å². The van der Waals surface area contributed by atoms with E-state index in [4.69, 9.17) is 0 Å². The molecule has 94 valence electrons. The van der Waals surface area contributed by atoms with Crippen molar-refractivity contribution in [1.29, 1.82) is 0 Å². The Morgan fingerprint density at radius 2 is 1.76 bits per heavy atom. The van der Waals surface area contributed by atoms with Gasteiger partial charge in [-0.1, -0.05) is 0 Å². The van der Waals surface area contributed by atoms with Gasteiger partial charge in [-0.25, -0.2) is 13.2 Å². The summed E-state index contributed by atoms with van der Waals surface area (Å²) in [6.07, 6.45) is 0.949. The molecule has 5 heteroatoms. The van der Waals surface area contributed by atoms with E-state index in [1.165, 1.54) is 0 Å². The molecule has 17 heavy (non-hydrogen) atoms. The van der Waals surface area contributed by atoms with Crippen LogP contribution >= 0.6 is 0 Å². The van der Waals surface area contributed by atoms with Gasteiger partial charge in [0.05, 0.1) is 0 Å². The molecule has 1 heterocycles. The van der Waals surface area contributed by atoms with Crippen LogP contribution in [0.3, 0.4) is 0 Å². The van der Waals surface area contributed by atoms with Crippen molar-refractivity contribution in [1.82, 2.24) is 10.2 Å². The fraction of sp³-hybridized carbons (Fsp3) is 0.500. The summed E-state index contributed by atoms with van der Waals surface area (Å²) in [5.74, 6) is -2.49. The zero-order chi connectivity index (χ0) is 12.3. The number of halogens is 3. The number of hydrogen-bond acceptors (Lipinski definition) is 2. The van der Waals surface area contributed by atoms with Crippen LogP contribution in [-0.4, -0.2) is 31.1 Å². The summed E-state index contributed by atoms with van der Waals surface area (Å²) in [6.45, 7) is 3.47. The molecule has 1 aromatic rings. The predicted molar refractivity (Wildman–Crippen MR) is 59.1 cm³/mol. The first kappa shape index (κ1) is 12.4. The third-order valence-electron chi connectivity index (χ3n) is 2.92. The van der Waals surface area contributed by atoms with Gasteiger partial charge in [0.1, 0.15) is 17.5 Å². The van der Waals surface area contributed by atoms with E-state index in [0.717, 1.165) is 44.7 Å². The van der Waals surface area contributed by atoms with E-state index in [0.29, 0.717) is 0 Å². The molecule has 0 amide bonds. The molecule has 0 spiro atoms. The van der Waals surface area contributed by atoms with Crippen LogP contribution in [0.1, 0.15) is 12.0 Å². The predicted octanol–water partition coefficient (Wildman–Crippen LogP) is 1.90. The maximum absolute atomic E-state index is 13.4. The Balaban J connectivity index is 2.11. The van der Waals surface area contributed by atoms with Crippen molar-refractivity contribution < 1.29 is 13.2 Å². The molecule has 1 aliphatic rings. The molecule has 0 aromatic heterocycles. The fourth-order valence-electron chi connectivity index (χ4n) is 2.01. The third kappa shape index (κ3) is 3.20. The van der Waals surface area contributed by atoms with Gasteiger partial charge >= 0.3 is 0 Å². The van der Waals surface area contributed by atoms with Crippen LogP contribution in [0.15, 0.2) is 12.1 Å². The summed E-state index contributed by atoms with van der Waals surface area (Å²) in [7, 11) is 0. The average molecular weight is 244 g/mol. The van der Waals surface area contributed by atoms with Crippen LogP contribution < -0.4 is 5.32 Å². The number of rotatable bonds is 2. The first-order chi connectivity index (χ1) is 8.16. The molecule has 1 N–H and O–H groups in total. The summed E-state index contributed by atoms with van der Waals surface area (Å²) in [5, 5.41) is 3.21. The SMILES string of the molecule is Fc1cc(F)c(CN2CCCNCC2)c(F)c1. The van der Waals surface area contributed by atoms with Gasteiger partial charge in [0.15, 0.2) is 0 Å². The van der Waals surface area contributed by atoms with Crippen molar-refractivity contribution in [3.05, 3.63) is 35.1 Å². The van der Waals surface area contributed by atoms with Crippen molar-refractivity contribution in [2.45, 2.75) is 13.0 Å². The van der Waals surface area contributed by atoms with Gasteiger partial charge in [0.2, 0.25) is 0 Å². The molecule has 2 nitrogen and oxygen atoms in total. The minimum absolute atomic E-state index is 0.0479. The van der Waals surface area contributed by atoms with Gasteiger partial charge in [-0.3, -0.25) is 4.90 Å². The van der Waals surface area contributed by atoms with Crippen molar-refractivity contribution in [2.75, 3.05) is 26.2 Å². The third-order valence-corrected chi connectivity index (χ3v) is 2.92. The van der Waals surface area contributed by atoms with Crippen LogP contribution in [0.4, 0.5) is 13.2 Å². The lowest BCUT2D eigenvalue weighted by molar-refractivity contribution is 0.274. The standard InChI is InChI=1S/C12H15F3N2/c13-9-6-11(14)10(12(15)7-9)8-17-4-1-2-16-3-5-17/h6-7,16H,1-5,8H2. The quantitative estimate of drug-likeness (QED) is 0.854. The van der Waals surface area contributed by atoms with E-state index >= 15 is 0 Å². The Kier molecular flexibility index (Phi) is 4.02. The molecule has 1 fully saturated rings. The summed E-state index contributed by atoms with van der Waals surface area (Å²) in [6, 6.07) is 1.46. The summed E-state index contributed by atoms with van der Waals surface area (Å²) in [5.41, 5.74) is -0.0479. The second kappa shape index (κ2) is 5.51. The smallest absolute Gasteiger partial charge is 0.133 e. The van der Waals surface area contributed by atoms with Gasteiger partial charge in [-0.05, 0) is 19.5 Å². The van der Waals surface area contributed by atoms with Crippen molar-refractivity contribution in [3.8, 4) is 0 Å². The van der Waals surface area contributed by atoms with Gasteiger partial charge in [0, 0.05) is 37.3 Å². The van der Waals surface area contributed by atoms with E-state index in [1.54, 1.807) is 0 Å². The minimum Gasteiger partial charge on any atom is -0.315 e. The van der Waals surface area contributed by atoms with E-state index in [2.05, 4.69) is 5.32 Å². The highest BCUT2D eigenvalue weighted by Gasteiger charge is 2.16. The number of nitrogens with zero attached hydrogens (tertiary/aromatic N) is 1. The lowest BCUT2D eigenvalue weighted by Gasteiger charge is -2.20. The molecule has 0 radical (unpaired) electrons.